The number of nitrogens with one attached hydrogen (secondary N) is 1. The molecule has 0 aliphatic carbocycles. The summed E-state index contributed by atoms with van der Waals surface area (Å²) in [4.78, 5) is 13.0. The van der Waals surface area contributed by atoms with Crippen LogP contribution in [0.4, 0.5) is 5.69 Å². The summed E-state index contributed by atoms with van der Waals surface area (Å²) in [6.07, 6.45) is 0. The van der Waals surface area contributed by atoms with Crippen LogP contribution in [0.3, 0.4) is 0 Å². The van der Waals surface area contributed by atoms with Crippen LogP contribution in [0.1, 0.15) is 23.6 Å². The molecule has 0 unspecified atom stereocenters. The molecule has 3 aromatic rings. The van der Waals surface area contributed by atoms with Crippen molar-refractivity contribution in [1.82, 2.24) is 5.43 Å². The standard InChI is InChI=1S/C26H28ClN3O5S/c1-17-9-12-21(13-10-17)36(32,33)30(23-8-6-7-22(27)18(23)2)16-26(31)29-28-19(3)20-11-14-24(34-4)25(15-20)35-5/h6-15H,16H2,1-5H3,(H,29,31)/b28-19-. The average Bonchev–Trinajstić information content (AvgIpc) is 2.87. The normalized spacial score (nSPS) is 11.7. The molecule has 0 aliphatic rings. The van der Waals surface area contributed by atoms with Gasteiger partial charge in [-0.25, -0.2) is 13.8 Å². The number of carbonyl (C=O) groups is 1. The Hall–Kier alpha value is -3.56. The highest BCUT2D eigenvalue weighted by Gasteiger charge is 2.28. The van der Waals surface area contributed by atoms with Gasteiger partial charge in [0.15, 0.2) is 11.5 Å². The molecule has 1 amide bonds. The number of anilines is 1. The molecule has 0 heterocycles. The molecule has 0 radical (unpaired) electrons. The Morgan fingerprint density at radius 3 is 2.31 bits per heavy atom. The lowest BCUT2D eigenvalue weighted by Crippen LogP contribution is -2.40. The van der Waals surface area contributed by atoms with Crippen molar-refractivity contribution < 1.29 is 22.7 Å². The molecule has 0 atom stereocenters. The number of aryl methyl sites for hydroxylation is 1. The number of halogens is 1. The summed E-state index contributed by atoms with van der Waals surface area (Å²) in [5.74, 6) is 0.458. The van der Waals surface area contributed by atoms with Crippen LogP contribution < -0.4 is 19.2 Å². The number of nitrogens with zero attached hydrogens (tertiary/aromatic N) is 2. The van der Waals surface area contributed by atoms with E-state index in [0.29, 0.717) is 39.0 Å². The van der Waals surface area contributed by atoms with Crippen LogP contribution in [-0.4, -0.2) is 40.8 Å². The van der Waals surface area contributed by atoms with Gasteiger partial charge < -0.3 is 9.47 Å². The molecule has 3 rings (SSSR count). The van der Waals surface area contributed by atoms with Gasteiger partial charge in [0, 0.05) is 10.6 Å². The first-order valence-electron chi connectivity index (χ1n) is 11.0. The van der Waals surface area contributed by atoms with Gasteiger partial charge in [0.05, 0.1) is 30.5 Å². The zero-order valence-electron chi connectivity index (χ0n) is 20.7. The van der Waals surface area contributed by atoms with Gasteiger partial charge in [0.25, 0.3) is 15.9 Å². The second-order valence-corrected chi connectivity index (χ2v) is 10.3. The number of amides is 1. The van der Waals surface area contributed by atoms with E-state index in [0.717, 1.165) is 9.87 Å². The first-order chi connectivity index (χ1) is 17.1. The number of hydrogen-bond donors (Lipinski definition) is 1. The Morgan fingerprint density at radius 2 is 1.67 bits per heavy atom. The fourth-order valence-corrected chi connectivity index (χ4v) is 5.09. The van der Waals surface area contributed by atoms with Crippen molar-refractivity contribution in [2.45, 2.75) is 25.7 Å². The molecule has 0 spiro atoms. The minimum atomic E-state index is -4.08. The molecule has 0 fully saturated rings. The molecule has 10 heteroatoms. The number of rotatable bonds is 9. The number of methoxy groups -OCH3 is 2. The molecule has 0 bridgehead atoms. The quantitative estimate of drug-likeness (QED) is 0.320. The van der Waals surface area contributed by atoms with Crippen molar-refractivity contribution in [3.05, 3.63) is 82.4 Å². The minimum Gasteiger partial charge on any atom is -0.493 e. The Bertz CT molecular complexity index is 1390. The third-order valence-corrected chi connectivity index (χ3v) is 7.74. The van der Waals surface area contributed by atoms with Crippen molar-refractivity contribution in [3.63, 3.8) is 0 Å². The molecule has 3 aromatic carbocycles. The van der Waals surface area contributed by atoms with Crippen LogP contribution in [0.25, 0.3) is 0 Å². The van der Waals surface area contributed by atoms with Gasteiger partial charge in [-0.2, -0.15) is 5.10 Å². The van der Waals surface area contributed by atoms with Gasteiger partial charge >= 0.3 is 0 Å². The highest BCUT2D eigenvalue weighted by Crippen LogP contribution is 2.31. The molecule has 190 valence electrons. The Morgan fingerprint density at radius 1 is 1.00 bits per heavy atom. The van der Waals surface area contributed by atoms with Gasteiger partial charge in [0.2, 0.25) is 0 Å². The van der Waals surface area contributed by atoms with E-state index < -0.39 is 22.5 Å². The Labute approximate surface area is 216 Å². The third kappa shape index (κ3) is 5.98. The monoisotopic (exact) mass is 529 g/mol. The molecule has 0 saturated heterocycles. The second kappa shape index (κ2) is 11.5. The van der Waals surface area contributed by atoms with E-state index in [1.165, 1.54) is 26.4 Å². The van der Waals surface area contributed by atoms with Crippen LogP contribution in [0, 0.1) is 13.8 Å². The predicted octanol–water partition coefficient (Wildman–Crippen LogP) is 4.71. The van der Waals surface area contributed by atoms with Gasteiger partial charge in [-0.15, -0.1) is 0 Å². The number of ether oxygens (including phenoxy) is 2. The number of sulfonamides is 1. The molecule has 0 aromatic heterocycles. The van der Waals surface area contributed by atoms with Crippen LogP contribution in [-0.2, 0) is 14.8 Å². The van der Waals surface area contributed by atoms with E-state index in [2.05, 4.69) is 10.5 Å². The first-order valence-corrected chi connectivity index (χ1v) is 12.8. The van der Waals surface area contributed by atoms with Crippen molar-refractivity contribution in [2.75, 3.05) is 25.1 Å². The number of hydrogen-bond acceptors (Lipinski definition) is 6. The lowest BCUT2D eigenvalue weighted by atomic mass is 10.1. The van der Waals surface area contributed by atoms with Gasteiger partial charge in [-0.05, 0) is 68.8 Å². The highest BCUT2D eigenvalue weighted by molar-refractivity contribution is 7.92. The number of benzene rings is 3. The maximum Gasteiger partial charge on any atom is 0.264 e. The summed E-state index contributed by atoms with van der Waals surface area (Å²) in [6, 6.07) is 16.6. The van der Waals surface area contributed by atoms with Gasteiger partial charge in [-0.1, -0.05) is 35.4 Å². The van der Waals surface area contributed by atoms with E-state index in [1.807, 2.05) is 6.92 Å². The Kier molecular flexibility index (Phi) is 8.60. The van der Waals surface area contributed by atoms with E-state index in [-0.39, 0.29) is 4.90 Å². The van der Waals surface area contributed by atoms with Crippen LogP contribution in [0.5, 0.6) is 11.5 Å². The first kappa shape index (κ1) is 27.0. The summed E-state index contributed by atoms with van der Waals surface area (Å²) in [7, 11) is -1.01. The number of carbonyl (C=O) groups excluding carboxylic acids is 1. The van der Waals surface area contributed by atoms with Crippen LogP contribution >= 0.6 is 11.6 Å². The maximum atomic E-state index is 13.6. The van der Waals surface area contributed by atoms with Crippen molar-refractivity contribution in [1.29, 1.82) is 0 Å². The molecule has 0 aliphatic heterocycles. The van der Waals surface area contributed by atoms with Crippen LogP contribution in [0.15, 0.2) is 70.7 Å². The average molecular weight is 530 g/mol. The highest BCUT2D eigenvalue weighted by atomic mass is 35.5. The lowest BCUT2D eigenvalue weighted by Gasteiger charge is -2.25. The topological polar surface area (TPSA) is 97.3 Å². The van der Waals surface area contributed by atoms with Crippen molar-refractivity contribution in [3.8, 4) is 11.5 Å². The largest absolute Gasteiger partial charge is 0.493 e. The summed E-state index contributed by atoms with van der Waals surface area (Å²) in [5, 5.41) is 4.54. The Balaban J connectivity index is 1.91. The number of hydrazone groups is 1. The van der Waals surface area contributed by atoms with Crippen LogP contribution in [0.2, 0.25) is 5.02 Å². The molecule has 1 N–H and O–H groups in total. The molecule has 8 nitrogen and oxygen atoms in total. The van der Waals surface area contributed by atoms with Crippen molar-refractivity contribution in [2.24, 2.45) is 5.10 Å². The zero-order chi connectivity index (χ0) is 26.5. The minimum absolute atomic E-state index is 0.0604. The van der Waals surface area contributed by atoms with Gasteiger partial charge in [0.1, 0.15) is 6.54 Å². The van der Waals surface area contributed by atoms with E-state index in [1.54, 1.807) is 62.4 Å². The third-order valence-electron chi connectivity index (χ3n) is 5.55. The van der Waals surface area contributed by atoms with Gasteiger partial charge in [-0.3, -0.25) is 9.10 Å². The second-order valence-electron chi connectivity index (χ2n) is 8.01. The molecule has 0 saturated carbocycles. The van der Waals surface area contributed by atoms with E-state index >= 15 is 0 Å². The fraction of sp³-hybridized carbons (Fsp3) is 0.231. The smallest absolute Gasteiger partial charge is 0.264 e. The van der Waals surface area contributed by atoms with E-state index in [4.69, 9.17) is 21.1 Å². The summed E-state index contributed by atoms with van der Waals surface area (Å²) >= 11 is 6.27. The summed E-state index contributed by atoms with van der Waals surface area (Å²) in [5.41, 5.74) is 5.40. The molecular formula is C26H28ClN3O5S. The van der Waals surface area contributed by atoms with E-state index in [9.17, 15) is 13.2 Å². The molecule has 36 heavy (non-hydrogen) atoms. The fourth-order valence-electron chi connectivity index (χ4n) is 3.44. The predicted molar refractivity (Wildman–Crippen MR) is 142 cm³/mol. The SMILES string of the molecule is COc1ccc(/C(C)=N\NC(=O)CN(c2cccc(Cl)c2C)S(=O)(=O)c2ccc(C)cc2)cc1OC. The lowest BCUT2D eigenvalue weighted by molar-refractivity contribution is -0.119. The maximum absolute atomic E-state index is 13.6. The van der Waals surface area contributed by atoms with Crippen molar-refractivity contribution >= 4 is 38.9 Å². The molecular weight excluding hydrogens is 502 g/mol. The summed E-state index contributed by atoms with van der Waals surface area (Å²) in [6.45, 7) is 4.78. The zero-order valence-corrected chi connectivity index (χ0v) is 22.3. The summed E-state index contributed by atoms with van der Waals surface area (Å²) < 4.78 is 38.7.